The lowest BCUT2D eigenvalue weighted by Crippen LogP contribution is -2.33. The van der Waals surface area contributed by atoms with Crippen LogP contribution in [-0.2, 0) is 4.79 Å². The third-order valence-corrected chi connectivity index (χ3v) is 5.35. The number of nitrogens with zero attached hydrogens (tertiary/aromatic N) is 1. The molecular formula is C21H27ClN2O3S. The normalized spacial score (nSPS) is 12.4. The lowest BCUT2D eigenvalue weighted by molar-refractivity contribution is -0.116. The van der Waals surface area contributed by atoms with Crippen molar-refractivity contribution in [3.8, 4) is 11.5 Å². The van der Waals surface area contributed by atoms with Gasteiger partial charge in [0.25, 0.3) is 0 Å². The Bertz CT molecular complexity index is 791. The number of benzene rings is 1. The van der Waals surface area contributed by atoms with Gasteiger partial charge >= 0.3 is 0 Å². The summed E-state index contributed by atoms with van der Waals surface area (Å²) in [6, 6.07) is 7.79. The molecule has 0 saturated carbocycles. The third-order valence-electron chi connectivity index (χ3n) is 4.09. The SMILES string of the molecule is CCCOc1c(Cl)cc(/C=C/C(=O)NCC(c2cccs2)N(C)C)cc1OC. The van der Waals surface area contributed by atoms with Crippen molar-refractivity contribution in [2.75, 3.05) is 34.4 Å². The van der Waals surface area contributed by atoms with E-state index in [-0.39, 0.29) is 11.9 Å². The number of methoxy groups -OCH3 is 1. The number of halogens is 1. The lowest BCUT2D eigenvalue weighted by atomic mass is 10.1. The van der Waals surface area contributed by atoms with E-state index in [2.05, 4.69) is 16.3 Å². The molecule has 0 fully saturated rings. The number of amides is 1. The smallest absolute Gasteiger partial charge is 0.244 e. The van der Waals surface area contributed by atoms with Crippen LogP contribution in [-0.4, -0.2) is 45.2 Å². The number of carbonyl (C=O) groups excluding carboxylic acids is 1. The van der Waals surface area contributed by atoms with Crippen molar-refractivity contribution in [2.24, 2.45) is 0 Å². The number of carbonyl (C=O) groups is 1. The van der Waals surface area contributed by atoms with Crippen LogP contribution in [0.1, 0.15) is 29.8 Å². The van der Waals surface area contributed by atoms with E-state index in [0.29, 0.717) is 29.7 Å². The van der Waals surface area contributed by atoms with E-state index in [1.807, 2.05) is 32.5 Å². The summed E-state index contributed by atoms with van der Waals surface area (Å²) in [5.74, 6) is 0.911. The Morgan fingerprint density at radius 2 is 2.18 bits per heavy atom. The predicted molar refractivity (Wildman–Crippen MR) is 117 cm³/mol. The number of ether oxygens (including phenoxy) is 2. The first-order valence-electron chi connectivity index (χ1n) is 9.12. The summed E-state index contributed by atoms with van der Waals surface area (Å²) in [6.07, 6.45) is 4.09. The first-order valence-corrected chi connectivity index (χ1v) is 10.4. The van der Waals surface area contributed by atoms with Crippen LogP contribution in [0, 0.1) is 0 Å². The zero-order valence-electron chi connectivity index (χ0n) is 16.7. The standard InChI is InChI=1S/C21H27ClN2O3S/c1-5-10-27-21-16(22)12-15(13-18(21)26-4)8-9-20(25)23-14-17(24(2)3)19-7-6-11-28-19/h6-9,11-13,17H,5,10,14H2,1-4H3,(H,23,25)/b9-8+. The van der Waals surface area contributed by atoms with Gasteiger partial charge in [0.2, 0.25) is 5.91 Å². The number of hydrogen-bond donors (Lipinski definition) is 1. The van der Waals surface area contributed by atoms with E-state index in [0.717, 1.165) is 12.0 Å². The van der Waals surface area contributed by atoms with Crippen molar-refractivity contribution in [3.63, 3.8) is 0 Å². The maximum absolute atomic E-state index is 12.3. The van der Waals surface area contributed by atoms with Crippen LogP contribution in [0.25, 0.3) is 6.08 Å². The quantitative estimate of drug-likeness (QED) is 0.567. The Kier molecular flexibility index (Phi) is 8.83. The number of hydrogen-bond acceptors (Lipinski definition) is 5. The van der Waals surface area contributed by atoms with E-state index in [9.17, 15) is 4.79 Å². The summed E-state index contributed by atoms with van der Waals surface area (Å²) in [5.41, 5.74) is 0.767. The molecule has 0 aliphatic rings. The highest BCUT2D eigenvalue weighted by molar-refractivity contribution is 7.10. The van der Waals surface area contributed by atoms with Crippen molar-refractivity contribution >= 4 is 34.9 Å². The molecule has 1 amide bonds. The fraction of sp³-hybridized carbons (Fsp3) is 0.381. The van der Waals surface area contributed by atoms with Crippen molar-refractivity contribution in [2.45, 2.75) is 19.4 Å². The molecular weight excluding hydrogens is 396 g/mol. The highest BCUT2D eigenvalue weighted by Crippen LogP contribution is 2.36. The van der Waals surface area contributed by atoms with E-state index < -0.39 is 0 Å². The van der Waals surface area contributed by atoms with Gasteiger partial charge in [-0.25, -0.2) is 0 Å². The first kappa shape index (κ1) is 22.3. The molecule has 1 unspecified atom stereocenters. The van der Waals surface area contributed by atoms with E-state index >= 15 is 0 Å². The van der Waals surface area contributed by atoms with Crippen LogP contribution >= 0.6 is 22.9 Å². The monoisotopic (exact) mass is 422 g/mol. The van der Waals surface area contributed by atoms with Gasteiger partial charge in [0.1, 0.15) is 0 Å². The molecule has 2 aromatic rings. The van der Waals surface area contributed by atoms with E-state index in [1.165, 1.54) is 11.0 Å². The number of thiophene rings is 1. The number of rotatable bonds is 10. The Morgan fingerprint density at radius 3 is 2.79 bits per heavy atom. The Labute approximate surface area is 175 Å². The minimum atomic E-state index is -0.162. The van der Waals surface area contributed by atoms with Crippen LogP contribution in [0.15, 0.2) is 35.7 Å². The molecule has 1 heterocycles. The summed E-state index contributed by atoms with van der Waals surface area (Å²) in [7, 11) is 5.57. The van der Waals surface area contributed by atoms with Crippen molar-refractivity contribution in [3.05, 3.63) is 51.2 Å². The molecule has 2 rings (SSSR count). The average molecular weight is 423 g/mol. The van der Waals surface area contributed by atoms with Crippen molar-refractivity contribution in [1.29, 1.82) is 0 Å². The lowest BCUT2D eigenvalue weighted by Gasteiger charge is -2.23. The highest BCUT2D eigenvalue weighted by Gasteiger charge is 2.15. The molecule has 0 spiro atoms. The van der Waals surface area contributed by atoms with Gasteiger partial charge in [-0.15, -0.1) is 11.3 Å². The molecule has 1 atom stereocenters. The predicted octanol–water partition coefficient (Wildman–Crippen LogP) is 4.63. The molecule has 1 aromatic heterocycles. The maximum Gasteiger partial charge on any atom is 0.244 e. The molecule has 152 valence electrons. The second-order valence-electron chi connectivity index (χ2n) is 6.46. The van der Waals surface area contributed by atoms with Crippen LogP contribution in [0.5, 0.6) is 11.5 Å². The van der Waals surface area contributed by atoms with Crippen LogP contribution in [0.3, 0.4) is 0 Å². The minimum absolute atomic E-state index is 0.141. The number of nitrogens with one attached hydrogen (secondary N) is 1. The molecule has 28 heavy (non-hydrogen) atoms. The van der Waals surface area contributed by atoms with E-state index in [4.69, 9.17) is 21.1 Å². The first-order chi connectivity index (χ1) is 13.5. The fourth-order valence-corrected chi connectivity index (χ4v) is 3.82. The van der Waals surface area contributed by atoms with Gasteiger partial charge in [-0.1, -0.05) is 24.6 Å². The summed E-state index contributed by atoms with van der Waals surface area (Å²) >= 11 is 8.00. The van der Waals surface area contributed by atoms with Gasteiger partial charge < -0.3 is 19.7 Å². The minimum Gasteiger partial charge on any atom is -0.493 e. The van der Waals surface area contributed by atoms with Gasteiger partial charge in [0.05, 0.1) is 24.8 Å². The van der Waals surface area contributed by atoms with Crippen LogP contribution in [0.2, 0.25) is 5.02 Å². The molecule has 1 aromatic carbocycles. The summed E-state index contributed by atoms with van der Waals surface area (Å²) < 4.78 is 11.0. The summed E-state index contributed by atoms with van der Waals surface area (Å²) in [6.45, 7) is 3.12. The van der Waals surface area contributed by atoms with Crippen LogP contribution < -0.4 is 14.8 Å². The van der Waals surface area contributed by atoms with Gasteiger partial charge in [-0.3, -0.25) is 4.79 Å². The fourth-order valence-electron chi connectivity index (χ4n) is 2.63. The Hall–Kier alpha value is -2.02. The van der Waals surface area contributed by atoms with Gasteiger partial charge in [0, 0.05) is 17.5 Å². The molecule has 0 saturated heterocycles. The van der Waals surface area contributed by atoms with Gasteiger partial charge in [-0.2, -0.15) is 0 Å². The van der Waals surface area contributed by atoms with Crippen molar-refractivity contribution in [1.82, 2.24) is 10.2 Å². The largest absolute Gasteiger partial charge is 0.493 e. The molecule has 7 heteroatoms. The van der Waals surface area contributed by atoms with Gasteiger partial charge in [0.15, 0.2) is 11.5 Å². The second-order valence-corrected chi connectivity index (χ2v) is 7.84. The second kappa shape index (κ2) is 11.1. The Balaban J connectivity index is 2.02. The molecule has 0 aliphatic carbocycles. The highest BCUT2D eigenvalue weighted by atomic mass is 35.5. The topological polar surface area (TPSA) is 50.8 Å². The summed E-state index contributed by atoms with van der Waals surface area (Å²) in [5, 5.41) is 5.45. The van der Waals surface area contributed by atoms with Crippen molar-refractivity contribution < 1.29 is 14.3 Å². The van der Waals surface area contributed by atoms with E-state index in [1.54, 1.807) is 36.7 Å². The zero-order chi connectivity index (χ0) is 20.5. The summed E-state index contributed by atoms with van der Waals surface area (Å²) in [4.78, 5) is 15.6. The molecule has 0 bridgehead atoms. The Morgan fingerprint density at radius 1 is 1.39 bits per heavy atom. The van der Waals surface area contributed by atoms with Gasteiger partial charge in [-0.05, 0) is 55.7 Å². The molecule has 1 N–H and O–H groups in total. The maximum atomic E-state index is 12.3. The molecule has 0 aliphatic heterocycles. The number of likely N-dealkylation sites (N-methyl/N-ethyl adjacent to an activating group) is 1. The zero-order valence-corrected chi connectivity index (χ0v) is 18.3. The molecule has 0 radical (unpaired) electrons. The average Bonchev–Trinajstić information content (AvgIpc) is 3.19. The molecule has 5 nitrogen and oxygen atoms in total. The third kappa shape index (κ3) is 6.26. The van der Waals surface area contributed by atoms with Crippen LogP contribution in [0.4, 0.5) is 0 Å².